The van der Waals surface area contributed by atoms with Crippen LogP contribution in [0, 0.1) is 0 Å². The van der Waals surface area contributed by atoms with E-state index in [1.807, 2.05) is 6.07 Å². The van der Waals surface area contributed by atoms with Crippen LogP contribution in [0.2, 0.25) is 0 Å². The van der Waals surface area contributed by atoms with Crippen molar-refractivity contribution < 1.29 is 19.4 Å². The van der Waals surface area contributed by atoms with Gasteiger partial charge in [0.15, 0.2) is 5.09 Å². The number of rotatable bonds is 4. The molecule has 2 aromatic rings. The second-order valence-corrected chi connectivity index (χ2v) is 4.36. The molecule has 1 aromatic carbocycles. The van der Waals surface area contributed by atoms with Crippen molar-refractivity contribution in [3.8, 4) is 5.75 Å². The Balaban J connectivity index is 2.00. The summed E-state index contributed by atoms with van der Waals surface area (Å²) in [5, 5.41) is 18.5. The number of aromatic hydroxyl groups is 1. The third-order valence-corrected chi connectivity index (χ3v) is 3.07. The molecule has 1 heterocycles. The monoisotopic (exact) mass is 250 g/mol. The van der Waals surface area contributed by atoms with Crippen molar-refractivity contribution in [2.24, 2.45) is 0 Å². The van der Waals surface area contributed by atoms with Crippen LogP contribution in [-0.4, -0.2) is 16.2 Å². The summed E-state index contributed by atoms with van der Waals surface area (Å²) in [5.41, 5.74) is 0.947. The SMILES string of the molecule is O=C(O)c1ccc(SCc2cccc(O)c2)o1. The Bertz CT molecular complexity index is 533. The molecular formula is C12H10O4S. The summed E-state index contributed by atoms with van der Waals surface area (Å²) in [6.07, 6.45) is 0. The van der Waals surface area contributed by atoms with Gasteiger partial charge in [0.1, 0.15) is 5.75 Å². The zero-order valence-corrected chi connectivity index (χ0v) is 9.61. The molecule has 0 amide bonds. The van der Waals surface area contributed by atoms with Gasteiger partial charge in [-0.25, -0.2) is 4.79 Å². The second kappa shape index (κ2) is 4.97. The van der Waals surface area contributed by atoms with Crippen LogP contribution in [-0.2, 0) is 5.75 Å². The number of carboxylic acids is 1. The van der Waals surface area contributed by atoms with Gasteiger partial charge in [-0.15, -0.1) is 0 Å². The Kier molecular flexibility index (Phi) is 3.39. The van der Waals surface area contributed by atoms with E-state index in [0.717, 1.165) is 5.56 Å². The molecule has 4 nitrogen and oxygen atoms in total. The molecule has 0 aliphatic carbocycles. The van der Waals surface area contributed by atoms with Crippen LogP contribution in [0.4, 0.5) is 0 Å². The molecule has 0 saturated carbocycles. The van der Waals surface area contributed by atoms with E-state index in [1.165, 1.54) is 17.8 Å². The van der Waals surface area contributed by atoms with Crippen LogP contribution >= 0.6 is 11.8 Å². The Labute approximate surface area is 102 Å². The van der Waals surface area contributed by atoms with Gasteiger partial charge in [0, 0.05) is 5.75 Å². The zero-order valence-electron chi connectivity index (χ0n) is 8.79. The largest absolute Gasteiger partial charge is 0.508 e. The summed E-state index contributed by atoms with van der Waals surface area (Å²) in [5.74, 6) is -0.313. The highest BCUT2D eigenvalue weighted by Gasteiger charge is 2.09. The summed E-state index contributed by atoms with van der Waals surface area (Å²) in [4.78, 5) is 10.6. The smallest absolute Gasteiger partial charge is 0.371 e. The predicted molar refractivity (Wildman–Crippen MR) is 63.3 cm³/mol. The van der Waals surface area contributed by atoms with Crippen molar-refractivity contribution in [1.29, 1.82) is 0 Å². The summed E-state index contributed by atoms with van der Waals surface area (Å²) in [6.45, 7) is 0. The van der Waals surface area contributed by atoms with E-state index in [-0.39, 0.29) is 11.5 Å². The minimum atomic E-state index is -1.07. The van der Waals surface area contributed by atoms with Crippen LogP contribution in [0.3, 0.4) is 0 Å². The predicted octanol–water partition coefficient (Wildman–Crippen LogP) is 2.98. The fourth-order valence-corrected chi connectivity index (χ4v) is 2.11. The van der Waals surface area contributed by atoms with Gasteiger partial charge < -0.3 is 14.6 Å². The average Bonchev–Trinajstić information content (AvgIpc) is 2.75. The topological polar surface area (TPSA) is 70.7 Å². The Morgan fingerprint density at radius 2 is 2.12 bits per heavy atom. The van der Waals surface area contributed by atoms with E-state index in [2.05, 4.69) is 0 Å². The van der Waals surface area contributed by atoms with E-state index in [1.54, 1.807) is 24.3 Å². The minimum Gasteiger partial charge on any atom is -0.508 e. The lowest BCUT2D eigenvalue weighted by Crippen LogP contribution is -1.91. The quantitative estimate of drug-likeness (QED) is 0.816. The van der Waals surface area contributed by atoms with Crippen molar-refractivity contribution in [2.45, 2.75) is 10.8 Å². The molecule has 0 saturated heterocycles. The summed E-state index contributed by atoms with van der Waals surface area (Å²) in [7, 11) is 0. The molecule has 0 radical (unpaired) electrons. The van der Waals surface area contributed by atoms with E-state index in [4.69, 9.17) is 9.52 Å². The van der Waals surface area contributed by atoms with Gasteiger partial charge in [0.05, 0.1) is 0 Å². The Morgan fingerprint density at radius 3 is 2.76 bits per heavy atom. The maximum Gasteiger partial charge on any atom is 0.371 e. The van der Waals surface area contributed by atoms with Crippen LogP contribution in [0.5, 0.6) is 5.75 Å². The first-order chi connectivity index (χ1) is 8.15. The van der Waals surface area contributed by atoms with Gasteiger partial charge in [-0.2, -0.15) is 0 Å². The molecule has 0 unspecified atom stereocenters. The highest BCUT2D eigenvalue weighted by atomic mass is 32.2. The van der Waals surface area contributed by atoms with Crippen LogP contribution in [0.25, 0.3) is 0 Å². The Hall–Kier alpha value is -1.88. The summed E-state index contributed by atoms with van der Waals surface area (Å²) >= 11 is 1.38. The number of hydrogen-bond donors (Lipinski definition) is 2. The first-order valence-corrected chi connectivity index (χ1v) is 5.87. The van der Waals surface area contributed by atoms with Crippen molar-refractivity contribution >= 4 is 17.7 Å². The van der Waals surface area contributed by atoms with Crippen molar-refractivity contribution in [2.75, 3.05) is 0 Å². The number of hydrogen-bond acceptors (Lipinski definition) is 4. The number of phenolic OH excluding ortho intramolecular Hbond substituents is 1. The fraction of sp³-hybridized carbons (Fsp3) is 0.0833. The second-order valence-electron chi connectivity index (χ2n) is 3.38. The number of furan rings is 1. The normalized spacial score (nSPS) is 10.4. The number of carbonyl (C=O) groups is 1. The first-order valence-electron chi connectivity index (χ1n) is 4.89. The van der Waals surface area contributed by atoms with Gasteiger partial charge in [0.25, 0.3) is 0 Å². The lowest BCUT2D eigenvalue weighted by atomic mass is 10.2. The van der Waals surface area contributed by atoms with Crippen molar-refractivity contribution in [3.63, 3.8) is 0 Å². The third-order valence-electron chi connectivity index (χ3n) is 2.08. The van der Waals surface area contributed by atoms with Gasteiger partial charge in [0.2, 0.25) is 5.76 Å². The molecule has 88 valence electrons. The lowest BCUT2D eigenvalue weighted by molar-refractivity contribution is 0.0656. The average molecular weight is 250 g/mol. The standard InChI is InChI=1S/C12H10O4S/c13-9-3-1-2-8(6-9)7-17-11-5-4-10(16-11)12(14)15/h1-6,13H,7H2,(H,14,15). The van der Waals surface area contributed by atoms with E-state index in [0.29, 0.717) is 10.8 Å². The Morgan fingerprint density at radius 1 is 1.29 bits per heavy atom. The number of carboxylic acid groups (broad SMARTS) is 1. The molecule has 0 bridgehead atoms. The zero-order chi connectivity index (χ0) is 12.3. The lowest BCUT2D eigenvalue weighted by Gasteiger charge is -1.99. The van der Waals surface area contributed by atoms with E-state index >= 15 is 0 Å². The molecule has 0 atom stereocenters. The molecule has 1 aromatic heterocycles. The van der Waals surface area contributed by atoms with E-state index in [9.17, 15) is 9.90 Å². The van der Waals surface area contributed by atoms with Gasteiger partial charge in [-0.1, -0.05) is 23.9 Å². The van der Waals surface area contributed by atoms with Gasteiger partial charge in [-0.05, 0) is 29.8 Å². The molecule has 0 aliphatic rings. The third kappa shape index (κ3) is 3.04. The maximum atomic E-state index is 10.6. The van der Waals surface area contributed by atoms with Gasteiger partial charge in [-0.3, -0.25) is 0 Å². The summed E-state index contributed by atoms with van der Waals surface area (Å²) < 4.78 is 5.10. The van der Waals surface area contributed by atoms with Crippen LogP contribution < -0.4 is 0 Å². The maximum absolute atomic E-state index is 10.6. The molecule has 0 fully saturated rings. The summed E-state index contributed by atoms with van der Waals surface area (Å²) in [6, 6.07) is 9.95. The van der Waals surface area contributed by atoms with Crippen molar-refractivity contribution in [1.82, 2.24) is 0 Å². The fourth-order valence-electron chi connectivity index (χ4n) is 1.31. The van der Waals surface area contributed by atoms with Crippen LogP contribution in [0.1, 0.15) is 16.1 Å². The molecule has 0 aliphatic heterocycles. The number of phenols is 1. The number of aromatic carboxylic acids is 1. The van der Waals surface area contributed by atoms with Gasteiger partial charge >= 0.3 is 5.97 Å². The number of benzene rings is 1. The highest BCUT2D eigenvalue weighted by Crippen LogP contribution is 2.26. The molecular weight excluding hydrogens is 240 g/mol. The molecule has 0 spiro atoms. The first kappa shape index (κ1) is 11.6. The molecule has 2 rings (SSSR count). The molecule has 5 heteroatoms. The highest BCUT2D eigenvalue weighted by molar-refractivity contribution is 7.98. The van der Waals surface area contributed by atoms with Crippen molar-refractivity contribution in [3.05, 3.63) is 47.7 Å². The van der Waals surface area contributed by atoms with E-state index < -0.39 is 5.97 Å². The molecule has 17 heavy (non-hydrogen) atoms. The molecule has 2 N–H and O–H groups in total. The number of thioether (sulfide) groups is 1. The minimum absolute atomic E-state index is 0.0663. The van der Waals surface area contributed by atoms with Crippen LogP contribution in [0.15, 0.2) is 45.9 Å².